The maximum absolute atomic E-state index is 12.7. The Morgan fingerprint density at radius 2 is 1.57 bits per heavy atom. The van der Waals surface area contributed by atoms with Crippen LogP contribution in [-0.4, -0.2) is 84.5 Å². The molecule has 0 unspecified atom stereocenters. The summed E-state index contributed by atoms with van der Waals surface area (Å²) in [6.07, 6.45) is 7.99. The van der Waals surface area contributed by atoms with Crippen LogP contribution in [0.1, 0.15) is 48.2 Å². The number of piperidine rings is 1. The van der Waals surface area contributed by atoms with E-state index in [4.69, 9.17) is 4.74 Å². The smallest absolute Gasteiger partial charge is 0.264 e. The molecular formula is C21H31N3O3S. The molecule has 3 fully saturated rings. The maximum Gasteiger partial charge on any atom is 0.264 e. The molecule has 2 saturated heterocycles. The number of thiophene rings is 1. The summed E-state index contributed by atoms with van der Waals surface area (Å²) >= 11 is 1.48. The van der Waals surface area contributed by atoms with Crippen LogP contribution in [0.2, 0.25) is 0 Å². The quantitative estimate of drug-likeness (QED) is 0.755. The van der Waals surface area contributed by atoms with E-state index in [1.165, 1.54) is 37.0 Å². The highest BCUT2D eigenvalue weighted by Gasteiger charge is 2.29. The highest BCUT2D eigenvalue weighted by atomic mass is 32.1. The van der Waals surface area contributed by atoms with Crippen molar-refractivity contribution in [3.8, 4) is 0 Å². The third-order valence-electron chi connectivity index (χ3n) is 6.23. The molecule has 3 heterocycles. The molecule has 1 aromatic heterocycles. The summed E-state index contributed by atoms with van der Waals surface area (Å²) in [5.74, 6) is 0.282. The van der Waals surface area contributed by atoms with E-state index < -0.39 is 0 Å². The lowest BCUT2D eigenvalue weighted by molar-refractivity contribution is -0.134. The molecule has 0 aromatic carbocycles. The van der Waals surface area contributed by atoms with E-state index in [0.29, 0.717) is 44.9 Å². The van der Waals surface area contributed by atoms with Gasteiger partial charge in [0.2, 0.25) is 5.91 Å². The number of ether oxygens (including phenoxy) is 1. The van der Waals surface area contributed by atoms with Crippen LogP contribution >= 0.6 is 11.3 Å². The van der Waals surface area contributed by atoms with Crippen LogP contribution in [0.15, 0.2) is 17.5 Å². The van der Waals surface area contributed by atoms with E-state index >= 15 is 0 Å². The first-order valence-corrected chi connectivity index (χ1v) is 11.6. The summed E-state index contributed by atoms with van der Waals surface area (Å²) in [5, 5.41) is 1.93. The van der Waals surface area contributed by atoms with E-state index in [2.05, 4.69) is 4.90 Å². The van der Waals surface area contributed by atoms with Gasteiger partial charge in [0.15, 0.2) is 0 Å². The first-order chi connectivity index (χ1) is 13.7. The number of nitrogens with zero attached hydrogens (tertiary/aromatic N) is 3. The zero-order valence-corrected chi connectivity index (χ0v) is 17.4. The first kappa shape index (κ1) is 19.9. The summed E-state index contributed by atoms with van der Waals surface area (Å²) in [6, 6.07) is 3.77. The Morgan fingerprint density at radius 3 is 2.21 bits per heavy atom. The van der Waals surface area contributed by atoms with E-state index in [-0.39, 0.29) is 11.8 Å². The van der Waals surface area contributed by atoms with Crippen LogP contribution in [0, 0.1) is 0 Å². The Kier molecular flexibility index (Phi) is 6.65. The van der Waals surface area contributed by atoms with Gasteiger partial charge in [0, 0.05) is 39.3 Å². The normalized spacial score (nSPS) is 22.7. The predicted molar refractivity (Wildman–Crippen MR) is 110 cm³/mol. The van der Waals surface area contributed by atoms with E-state index in [0.717, 1.165) is 30.8 Å². The monoisotopic (exact) mass is 405 g/mol. The van der Waals surface area contributed by atoms with Gasteiger partial charge in [-0.2, -0.15) is 0 Å². The number of hydrogen-bond donors (Lipinski definition) is 0. The summed E-state index contributed by atoms with van der Waals surface area (Å²) < 4.78 is 6.23. The molecule has 0 spiro atoms. The molecule has 7 heteroatoms. The summed E-state index contributed by atoms with van der Waals surface area (Å²) in [6.45, 7) is 4.91. The minimum Gasteiger partial charge on any atom is -0.375 e. The highest BCUT2D eigenvalue weighted by Crippen LogP contribution is 2.25. The minimum absolute atomic E-state index is 0.0893. The summed E-state index contributed by atoms with van der Waals surface area (Å²) in [4.78, 5) is 31.9. The molecule has 1 aliphatic carbocycles. The highest BCUT2D eigenvalue weighted by molar-refractivity contribution is 7.12. The van der Waals surface area contributed by atoms with Crippen LogP contribution < -0.4 is 0 Å². The lowest BCUT2D eigenvalue weighted by atomic mass is 10.1. The van der Waals surface area contributed by atoms with Gasteiger partial charge in [-0.3, -0.25) is 14.5 Å². The third-order valence-corrected chi connectivity index (χ3v) is 7.09. The van der Waals surface area contributed by atoms with Crippen molar-refractivity contribution >= 4 is 23.2 Å². The van der Waals surface area contributed by atoms with Crippen molar-refractivity contribution in [2.75, 3.05) is 45.8 Å². The first-order valence-electron chi connectivity index (χ1n) is 10.7. The van der Waals surface area contributed by atoms with Gasteiger partial charge < -0.3 is 14.5 Å². The van der Waals surface area contributed by atoms with Gasteiger partial charge in [0.1, 0.15) is 0 Å². The lowest BCUT2D eigenvalue weighted by Crippen LogP contribution is -2.53. The van der Waals surface area contributed by atoms with Crippen LogP contribution in [-0.2, 0) is 9.53 Å². The molecule has 1 saturated carbocycles. The number of piperazine rings is 1. The van der Waals surface area contributed by atoms with Gasteiger partial charge in [0.05, 0.1) is 23.6 Å². The van der Waals surface area contributed by atoms with Gasteiger partial charge in [-0.05, 0) is 37.1 Å². The fourth-order valence-electron chi connectivity index (χ4n) is 4.51. The van der Waals surface area contributed by atoms with Crippen molar-refractivity contribution in [3.05, 3.63) is 22.4 Å². The Hall–Kier alpha value is -1.44. The van der Waals surface area contributed by atoms with Crippen molar-refractivity contribution in [2.24, 2.45) is 0 Å². The molecule has 0 radical (unpaired) electrons. The molecule has 0 N–H and O–H groups in total. The number of amides is 2. The number of carbonyl (C=O) groups excluding carboxylic acids is 2. The van der Waals surface area contributed by atoms with E-state index in [9.17, 15) is 9.59 Å². The topological polar surface area (TPSA) is 53.1 Å². The molecule has 4 rings (SSSR count). The van der Waals surface area contributed by atoms with Gasteiger partial charge in [-0.15, -0.1) is 11.3 Å². The van der Waals surface area contributed by atoms with Crippen LogP contribution in [0.5, 0.6) is 0 Å². The van der Waals surface area contributed by atoms with Gasteiger partial charge in [-0.25, -0.2) is 0 Å². The van der Waals surface area contributed by atoms with Gasteiger partial charge in [0.25, 0.3) is 5.91 Å². The SMILES string of the molecule is O=C(CN1CCC(OC2CCCC2)CC1)N1CCN(C(=O)c2cccs2)CC1. The Morgan fingerprint density at radius 1 is 0.929 bits per heavy atom. The Bertz CT molecular complexity index is 644. The number of hydrogen-bond acceptors (Lipinski definition) is 5. The third kappa shape index (κ3) is 4.93. The fraction of sp³-hybridized carbons (Fsp3) is 0.714. The summed E-state index contributed by atoms with van der Waals surface area (Å²) in [7, 11) is 0. The standard InChI is InChI=1S/C21H31N3O3S/c25-20(16-22-9-7-18(8-10-22)27-17-4-1-2-5-17)23-11-13-24(14-12-23)21(26)19-6-3-15-28-19/h3,6,15,17-18H,1-2,4-5,7-14,16H2. The number of carbonyl (C=O) groups is 2. The molecule has 2 aliphatic heterocycles. The van der Waals surface area contributed by atoms with Crippen molar-refractivity contribution in [1.29, 1.82) is 0 Å². The number of rotatable bonds is 5. The second-order valence-electron chi connectivity index (χ2n) is 8.17. The molecule has 0 bridgehead atoms. The maximum atomic E-state index is 12.7. The minimum atomic E-state index is 0.0893. The van der Waals surface area contributed by atoms with Crippen LogP contribution in [0.4, 0.5) is 0 Å². The predicted octanol–water partition coefficient (Wildman–Crippen LogP) is 2.46. The van der Waals surface area contributed by atoms with Crippen molar-refractivity contribution < 1.29 is 14.3 Å². The summed E-state index contributed by atoms with van der Waals surface area (Å²) in [5.41, 5.74) is 0. The molecular weight excluding hydrogens is 374 g/mol. The van der Waals surface area contributed by atoms with Crippen molar-refractivity contribution in [2.45, 2.75) is 50.7 Å². The van der Waals surface area contributed by atoms with Crippen molar-refractivity contribution in [1.82, 2.24) is 14.7 Å². The van der Waals surface area contributed by atoms with Crippen LogP contribution in [0.3, 0.4) is 0 Å². The van der Waals surface area contributed by atoms with Crippen molar-refractivity contribution in [3.63, 3.8) is 0 Å². The van der Waals surface area contributed by atoms with E-state index in [1.807, 2.05) is 27.3 Å². The Labute approximate surface area is 171 Å². The number of likely N-dealkylation sites (tertiary alicyclic amines) is 1. The molecule has 1 aromatic rings. The average Bonchev–Trinajstić information content (AvgIpc) is 3.43. The fourth-order valence-corrected chi connectivity index (χ4v) is 5.20. The zero-order valence-electron chi connectivity index (χ0n) is 16.6. The average molecular weight is 406 g/mol. The van der Waals surface area contributed by atoms with Crippen LogP contribution in [0.25, 0.3) is 0 Å². The lowest BCUT2D eigenvalue weighted by Gasteiger charge is -2.37. The molecule has 154 valence electrons. The second-order valence-corrected chi connectivity index (χ2v) is 9.12. The van der Waals surface area contributed by atoms with Gasteiger partial charge in [-0.1, -0.05) is 18.9 Å². The molecule has 2 amide bonds. The molecule has 28 heavy (non-hydrogen) atoms. The molecule has 6 nitrogen and oxygen atoms in total. The van der Waals surface area contributed by atoms with E-state index in [1.54, 1.807) is 0 Å². The molecule has 3 aliphatic rings. The largest absolute Gasteiger partial charge is 0.375 e. The molecule has 0 atom stereocenters. The zero-order chi connectivity index (χ0) is 19.3. The van der Waals surface area contributed by atoms with Gasteiger partial charge >= 0.3 is 0 Å². The second kappa shape index (κ2) is 9.37. The Balaban J connectivity index is 1.16.